The van der Waals surface area contributed by atoms with Gasteiger partial charge in [0.05, 0.1) is 24.7 Å². The number of rotatable bonds is 7. The molecule has 0 spiro atoms. The fourth-order valence-electron chi connectivity index (χ4n) is 3.01. The molecule has 1 N–H and O–H groups in total. The zero-order valence-corrected chi connectivity index (χ0v) is 19.6. The van der Waals surface area contributed by atoms with Crippen LogP contribution >= 0.6 is 11.6 Å². The fraction of sp³-hybridized carbons (Fsp3) is 0.167. The molecule has 0 atom stereocenters. The number of anilines is 1. The van der Waals surface area contributed by atoms with E-state index in [4.69, 9.17) is 11.6 Å². The van der Waals surface area contributed by atoms with Gasteiger partial charge in [0.2, 0.25) is 10.0 Å². The third-order valence-electron chi connectivity index (χ3n) is 5.00. The lowest BCUT2D eigenvalue weighted by Crippen LogP contribution is -2.29. The Morgan fingerprint density at radius 3 is 2.34 bits per heavy atom. The van der Waals surface area contributed by atoms with Gasteiger partial charge in [0, 0.05) is 16.1 Å². The molecule has 0 aliphatic heterocycles. The molecule has 32 heavy (non-hydrogen) atoms. The maximum atomic E-state index is 12.4. The van der Waals surface area contributed by atoms with Crippen LogP contribution in [0.5, 0.6) is 0 Å². The molecule has 3 aromatic carbocycles. The third kappa shape index (κ3) is 5.96. The van der Waals surface area contributed by atoms with Gasteiger partial charge >= 0.3 is 0 Å². The lowest BCUT2D eigenvalue weighted by atomic mass is 10.1. The number of carbonyl (C=O) groups is 1. The van der Waals surface area contributed by atoms with Crippen molar-refractivity contribution in [2.45, 2.75) is 20.4 Å². The van der Waals surface area contributed by atoms with Crippen LogP contribution in [0, 0.1) is 13.8 Å². The smallest absolute Gasteiger partial charge is 0.267 e. The van der Waals surface area contributed by atoms with Gasteiger partial charge in [0.15, 0.2) is 0 Å². The van der Waals surface area contributed by atoms with E-state index in [0.29, 0.717) is 21.8 Å². The Morgan fingerprint density at radius 1 is 1.03 bits per heavy atom. The Bertz CT molecular complexity index is 1260. The number of hydrogen-bond donors (Lipinski definition) is 1. The zero-order valence-electron chi connectivity index (χ0n) is 18.0. The van der Waals surface area contributed by atoms with Gasteiger partial charge in [0.25, 0.3) is 5.91 Å². The van der Waals surface area contributed by atoms with Crippen LogP contribution in [0.1, 0.15) is 32.6 Å². The number of aryl methyl sites for hydroxylation is 2. The lowest BCUT2D eigenvalue weighted by molar-refractivity contribution is 0.0955. The maximum absolute atomic E-state index is 12.4. The van der Waals surface area contributed by atoms with Crippen molar-refractivity contribution in [2.75, 3.05) is 10.6 Å². The predicted octanol–water partition coefficient (Wildman–Crippen LogP) is 4.69. The Balaban J connectivity index is 1.71. The van der Waals surface area contributed by atoms with E-state index in [0.717, 1.165) is 16.7 Å². The van der Waals surface area contributed by atoms with E-state index in [1.165, 1.54) is 16.8 Å². The molecule has 8 heteroatoms. The SMILES string of the molecule is Cc1ccc(N(Cc2ccc(C(=O)N/N=C/c3ccccc3Cl)cc2)S(C)(=O)=O)cc1C. The summed E-state index contributed by atoms with van der Waals surface area (Å²) in [6.07, 6.45) is 2.66. The first-order chi connectivity index (χ1) is 15.1. The van der Waals surface area contributed by atoms with Crippen LogP contribution in [0.4, 0.5) is 5.69 Å². The van der Waals surface area contributed by atoms with Gasteiger partial charge in [-0.2, -0.15) is 5.10 Å². The topological polar surface area (TPSA) is 78.8 Å². The number of carbonyl (C=O) groups excluding carboxylic acids is 1. The highest BCUT2D eigenvalue weighted by atomic mass is 35.5. The molecule has 6 nitrogen and oxygen atoms in total. The van der Waals surface area contributed by atoms with Crippen molar-refractivity contribution in [3.8, 4) is 0 Å². The molecule has 0 aliphatic rings. The number of hydrazone groups is 1. The number of hydrogen-bond acceptors (Lipinski definition) is 4. The number of halogens is 1. The van der Waals surface area contributed by atoms with E-state index >= 15 is 0 Å². The Labute approximate surface area is 193 Å². The van der Waals surface area contributed by atoms with Gasteiger partial charge in [-0.15, -0.1) is 0 Å². The molecule has 0 radical (unpaired) electrons. The zero-order chi connectivity index (χ0) is 23.3. The van der Waals surface area contributed by atoms with Gasteiger partial charge in [-0.3, -0.25) is 9.10 Å². The first-order valence-corrected chi connectivity index (χ1v) is 12.1. The predicted molar refractivity (Wildman–Crippen MR) is 130 cm³/mol. The average Bonchev–Trinajstić information content (AvgIpc) is 2.75. The Kier molecular flexibility index (Phi) is 7.33. The summed E-state index contributed by atoms with van der Waals surface area (Å²) in [5.41, 5.74) is 7.02. The molecule has 0 bridgehead atoms. The van der Waals surface area contributed by atoms with Crippen LogP contribution < -0.4 is 9.73 Å². The van der Waals surface area contributed by atoms with Crippen LogP contribution in [0.3, 0.4) is 0 Å². The summed E-state index contributed by atoms with van der Waals surface area (Å²) in [6, 6.07) is 19.4. The first kappa shape index (κ1) is 23.5. The van der Waals surface area contributed by atoms with Crippen molar-refractivity contribution in [1.82, 2.24) is 5.43 Å². The van der Waals surface area contributed by atoms with Gasteiger partial charge in [-0.05, 0) is 60.9 Å². The molecule has 0 aromatic heterocycles. The van der Waals surface area contributed by atoms with Crippen molar-refractivity contribution < 1.29 is 13.2 Å². The molecule has 166 valence electrons. The summed E-state index contributed by atoms with van der Waals surface area (Å²) in [5, 5.41) is 4.48. The highest BCUT2D eigenvalue weighted by Gasteiger charge is 2.18. The number of nitrogens with one attached hydrogen (secondary N) is 1. The molecule has 0 unspecified atom stereocenters. The average molecular weight is 470 g/mol. The fourth-order valence-corrected chi connectivity index (χ4v) is 4.08. The van der Waals surface area contributed by atoms with E-state index in [2.05, 4.69) is 10.5 Å². The monoisotopic (exact) mass is 469 g/mol. The van der Waals surface area contributed by atoms with Crippen molar-refractivity contribution in [3.05, 3.63) is 99.6 Å². The Morgan fingerprint density at radius 2 is 1.72 bits per heavy atom. The summed E-state index contributed by atoms with van der Waals surface area (Å²) in [4.78, 5) is 12.3. The molecular weight excluding hydrogens is 446 g/mol. The molecule has 0 aliphatic carbocycles. The van der Waals surface area contributed by atoms with Crippen LogP contribution in [-0.4, -0.2) is 26.8 Å². The lowest BCUT2D eigenvalue weighted by Gasteiger charge is -2.23. The van der Waals surface area contributed by atoms with Crippen LogP contribution in [0.2, 0.25) is 5.02 Å². The van der Waals surface area contributed by atoms with Crippen molar-refractivity contribution in [2.24, 2.45) is 5.10 Å². The molecule has 0 saturated heterocycles. The van der Waals surface area contributed by atoms with Crippen molar-refractivity contribution >= 4 is 39.4 Å². The molecule has 1 amide bonds. The molecule has 0 saturated carbocycles. The molecule has 0 heterocycles. The Hall–Kier alpha value is -3.16. The van der Waals surface area contributed by atoms with E-state index < -0.39 is 10.0 Å². The summed E-state index contributed by atoms with van der Waals surface area (Å²) >= 11 is 6.06. The highest BCUT2D eigenvalue weighted by Crippen LogP contribution is 2.23. The number of sulfonamides is 1. The normalized spacial score (nSPS) is 11.5. The number of amides is 1. The summed E-state index contributed by atoms with van der Waals surface area (Å²) in [7, 11) is -3.49. The number of nitrogens with zero attached hydrogens (tertiary/aromatic N) is 2. The largest absolute Gasteiger partial charge is 0.271 e. The molecular formula is C24H24ClN3O3S. The van der Waals surface area contributed by atoms with E-state index in [-0.39, 0.29) is 12.5 Å². The van der Waals surface area contributed by atoms with Gasteiger partial charge in [-0.25, -0.2) is 13.8 Å². The minimum atomic E-state index is -3.49. The van der Waals surface area contributed by atoms with Crippen molar-refractivity contribution in [3.63, 3.8) is 0 Å². The van der Waals surface area contributed by atoms with Crippen LogP contribution in [-0.2, 0) is 16.6 Å². The maximum Gasteiger partial charge on any atom is 0.271 e. The molecule has 0 fully saturated rings. The van der Waals surface area contributed by atoms with Crippen molar-refractivity contribution in [1.29, 1.82) is 0 Å². The van der Waals surface area contributed by atoms with E-state index in [1.807, 2.05) is 38.1 Å². The third-order valence-corrected chi connectivity index (χ3v) is 6.48. The van der Waals surface area contributed by atoms with E-state index in [9.17, 15) is 13.2 Å². The second kappa shape index (κ2) is 9.97. The summed E-state index contributed by atoms with van der Waals surface area (Å²) < 4.78 is 26.2. The summed E-state index contributed by atoms with van der Waals surface area (Å²) in [5.74, 6) is -0.381. The second-order valence-corrected chi connectivity index (χ2v) is 9.77. The van der Waals surface area contributed by atoms with Gasteiger partial charge < -0.3 is 0 Å². The second-order valence-electron chi connectivity index (χ2n) is 7.46. The first-order valence-electron chi connectivity index (χ1n) is 9.87. The minimum Gasteiger partial charge on any atom is -0.267 e. The molecule has 3 rings (SSSR count). The quantitative estimate of drug-likeness (QED) is 0.403. The van der Waals surface area contributed by atoms with Crippen LogP contribution in [0.15, 0.2) is 71.8 Å². The van der Waals surface area contributed by atoms with E-state index in [1.54, 1.807) is 42.5 Å². The summed E-state index contributed by atoms with van der Waals surface area (Å²) in [6.45, 7) is 4.08. The van der Waals surface area contributed by atoms with Crippen LogP contribution in [0.25, 0.3) is 0 Å². The van der Waals surface area contributed by atoms with Gasteiger partial charge in [-0.1, -0.05) is 48.0 Å². The van der Waals surface area contributed by atoms with Gasteiger partial charge in [0.1, 0.15) is 0 Å². The highest BCUT2D eigenvalue weighted by molar-refractivity contribution is 7.92. The minimum absolute atomic E-state index is 0.161. The molecule has 3 aromatic rings. The number of benzene rings is 3. The standard InChI is InChI=1S/C24H24ClN3O3S/c1-17-8-13-22(14-18(17)2)28(32(3,30)31)16-19-9-11-20(12-10-19)24(29)27-26-15-21-6-4-5-7-23(21)25/h4-15H,16H2,1-3H3,(H,27,29)/b26-15+.